The van der Waals surface area contributed by atoms with Crippen molar-refractivity contribution >= 4 is 21.9 Å². The smallest absolute Gasteiger partial charge is 0.333 e. The van der Waals surface area contributed by atoms with Gasteiger partial charge in [-0.3, -0.25) is 0 Å². The van der Waals surface area contributed by atoms with Crippen LogP contribution in [0.5, 0.6) is 11.5 Å². The number of methoxy groups -OCH3 is 1. The zero-order valence-electron chi connectivity index (χ0n) is 15.4. The Bertz CT molecular complexity index is 972. The molecule has 0 saturated carbocycles. The molecule has 0 N–H and O–H groups in total. The van der Waals surface area contributed by atoms with Crippen molar-refractivity contribution in [2.24, 2.45) is 0 Å². The summed E-state index contributed by atoms with van der Waals surface area (Å²) in [6, 6.07) is 12.6. The summed E-state index contributed by atoms with van der Waals surface area (Å²) in [5, 5.41) is 0. The first kappa shape index (κ1) is 19.2. The van der Waals surface area contributed by atoms with Crippen molar-refractivity contribution in [3.8, 4) is 11.5 Å². The van der Waals surface area contributed by atoms with Gasteiger partial charge >= 0.3 is 5.97 Å². The molecule has 1 heterocycles. The van der Waals surface area contributed by atoms with Crippen LogP contribution in [0, 0.1) is 0 Å². The summed E-state index contributed by atoms with van der Waals surface area (Å²) in [4.78, 5) is 12.1. The zero-order valence-corrected chi connectivity index (χ0v) is 16.2. The van der Waals surface area contributed by atoms with Gasteiger partial charge in [0.1, 0.15) is 11.5 Å². The molecule has 0 aromatic heterocycles. The van der Waals surface area contributed by atoms with Gasteiger partial charge in [-0.1, -0.05) is 25.5 Å². The highest BCUT2D eigenvalue weighted by Gasteiger charge is 2.25. The summed E-state index contributed by atoms with van der Waals surface area (Å²) in [5.41, 5.74) is 2.01. The number of fused-ring (bicyclic) bond motifs is 1. The largest absolute Gasteiger partial charge is 0.466 e. The molecule has 27 heavy (non-hydrogen) atoms. The summed E-state index contributed by atoms with van der Waals surface area (Å²) in [7, 11) is -2.19. The summed E-state index contributed by atoms with van der Waals surface area (Å²) in [6.07, 6.45) is 3.79. The lowest BCUT2D eigenvalue weighted by Gasteiger charge is -2.10. The van der Waals surface area contributed by atoms with E-state index in [1.54, 1.807) is 18.2 Å². The van der Waals surface area contributed by atoms with Gasteiger partial charge < -0.3 is 9.47 Å². The van der Waals surface area contributed by atoms with E-state index in [1.807, 2.05) is 24.3 Å². The Morgan fingerprint density at radius 2 is 1.78 bits per heavy atom. The van der Waals surface area contributed by atoms with Crippen molar-refractivity contribution < 1.29 is 22.7 Å². The number of ether oxygens (including phenoxy) is 2. The third kappa shape index (κ3) is 4.39. The summed E-state index contributed by atoms with van der Waals surface area (Å²) >= 11 is 0. The van der Waals surface area contributed by atoms with Crippen molar-refractivity contribution in [2.75, 3.05) is 12.9 Å². The number of hydrogen-bond acceptors (Lipinski definition) is 5. The number of sulfone groups is 1. The van der Waals surface area contributed by atoms with Crippen LogP contribution >= 0.6 is 0 Å². The van der Waals surface area contributed by atoms with Gasteiger partial charge in [-0.05, 0) is 60.4 Å². The van der Waals surface area contributed by atoms with E-state index in [4.69, 9.17) is 9.47 Å². The van der Waals surface area contributed by atoms with Crippen molar-refractivity contribution in [3.63, 3.8) is 0 Å². The molecule has 142 valence electrons. The SMILES string of the molecule is CCCc1ccc(Oc2ccc3c(c2)C=C(C(=O)OC)CCS3(=O)=O)cc1. The van der Waals surface area contributed by atoms with Crippen LogP contribution < -0.4 is 4.74 Å². The van der Waals surface area contributed by atoms with Gasteiger partial charge in [-0.2, -0.15) is 0 Å². The molecule has 3 rings (SSSR count). The maximum Gasteiger partial charge on any atom is 0.333 e. The van der Waals surface area contributed by atoms with E-state index in [0.717, 1.165) is 12.8 Å². The van der Waals surface area contributed by atoms with E-state index in [9.17, 15) is 13.2 Å². The van der Waals surface area contributed by atoms with Gasteiger partial charge in [0.15, 0.2) is 9.84 Å². The first-order chi connectivity index (χ1) is 12.9. The van der Waals surface area contributed by atoms with E-state index in [-0.39, 0.29) is 17.1 Å². The summed E-state index contributed by atoms with van der Waals surface area (Å²) < 4.78 is 35.6. The second-order valence-electron chi connectivity index (χ2n) is 6.43. The first-order valence-electron chi connectivity index (χ1n) is 8.85. The number of benzene rings is 2. The molecule has 0 fully saturated rings. The first-order valence-corrected chi connectivity index (χ1v) is 10.5. The molecule has 6 heteroatoms. The maximum atomic E-state index is 12.5. The number of hydrogen-bond donors (Lipinski definition) is 0. The Balaban J connectivity index is 1.93. The molecule has 0 amide bonds. The van der Waals surface area contributed by atoms with E-state index in [2.05, 4.69) is 6.92 Å². The summed E-state index contributed by atoms with van der Waals surface area (Å²) in [6.45, 7) is 2.13. The minimum absolute atomic E-state index is 0.124. The van der Waals surface area contributed by atoms with Crippen LogP contribution in [0.4, 0.5) is 0 Å². The molecule has 2 aromatic carbocycles. The van der Waals surface area contributed by atoms with Gasteiger partial charge in [-0.25, -0.2) is 13.2 Å². The average Bonchev–Trinajstić information content (AvgIpc) is 2.79. The summed E-state index contributed by atoms with van der Waals surface area (Å²) in [5.74, 6) is 0.536. The Morgan fingerprint density at radius 3 is 2.44 bits per heavy atom. The molecular formula is C21H22O5S. The third-order valence-corrected chi connectivity index (χ3v) is 6.21. The number of carbonyl (C=O) groups excluding carboxylic acids is 1. The highest BCUT2D eigenvalue weighted by Crippen LogP contribution is 2.31. The average molecular weight is 386 g/mol. The quantitative estimate of drug-likeness (QED) is 0.722. The molecule has 1 aliphatic heterocycles. The van der Waals surface area contributed by atoms with Crippen molar-refractivity contribution in [1.82, 2.24) is 0 Å². The predicted molar refractivity (Wildman–Crippen MR) is 104 cm³/mol. The minimum atomic E-state index is -3.47. The van der Waals surface area contributed by atoms with Crippen LogP contribution in [0.2, 0.25) is 0 Å². The zero-order chi connectivity index (χ0) is 19.4. The fraction of sp³-hybridized carbons (Fsp3) is 0.286. The molecule has 0 unspecified atom stereocenters. The van der Waals surface area contributed by atoms with Gasteiger partial charge in [0.05, 0.1) is 17.8 Å². The lowest BCUT2D eigenvalue weighted by atomic mass is 10.1. The van der Waals surface area contributed by atoms with Crippen molar-refractivity contribution in [1.29, 1.82) is 0 Å². The van der Waals surface area contributed by atoms with Gasteiger partial charge in [0.25, 0.3) is 0 Å². The fourth-order valence-corrected chi connectivity index (χ4v) is 4.50. The number of rotatable bonds is 5. The molecule has 0 bridgehead atoms. The molecular weight excluding hydrogens is 364 g/mol. The van der Waals surface area contributed by atoms with Crippen LogP contribution in [0.1, 0.15) is 30.9 Å². The topological polar surface area (TPSA) is 69.7 Å². The lowest BCUT2D eigenvalue weighted by molar-refractivity contribution is -0.136. The maximum absolute atomic E-state index is 12.5. The monoisotopic (exact) mass is 386 g/mol. The molecule has 2 aromatic rings. The van der Waals surface area contributed by atoms with E-state index < -0.39 is 15.8 Å². The minimum Gasteiger partial charge on any atom is -0.466 e. The van der Waals surface area contributed by atoms with Crippen LogP contribution in [0.15, 0.2) is 52.9 Å². The standard InChI is InChI=1S/C21H22O5S/c1-3-4-15-5-7-18(8-6-15)26-19-9-10-20-17(14-19)13-16(21(22)25-2)11-12-27(20,23)24/h5-10,13-14H,3-4,11-12H2,1-2H3. The number of esters is 1. The Morgan fingerprint density at radius 1 is 1.07 bits per heavy atom. The molecule has 0 radical (unpaired) electrons. The van der Waals surface area contributed by atoms with Gasteiger partial charge in [0.2, 0.25) is 0 Å². The van der Waals surface area contributed by atoms with Crippen LogP contribution in [-0.4, -0.2) is 27.2 Å². The second kappa shape index (κ2) is 7.96. The fourth-order valence-electron chi connectivity index (χ4n) is 3.04. The normalized spacial score (nSPS) is 15.3. The van der Waals surface area contributed by atoms with Crippen molar-refractivity contribution in [3.05, 3.63) is 59.2 Å². The number of aryl methyl sites for hydroxylation is 1. The molecule has 5 nitrogen and oxygen atoms in total. The Labute approximate surface area is 159 Å². The lowest BCUT2D eigenvalue weighted by Crippen LogP contribution is -2.09. The highest BCUT2D eigenvalue weighted by atomic mass is 32.2. The van der Waals surface area contributed by atoms with Crippen LogP contribution in [0.3, 0.4) is 0 Å². The molecule has 0 saturated heterocycles. The highest BCUT2D eigenvalue weighted by molar-refractivity contribution is 7.91. The van der Waals surface area contributed by atoms with Crippen LogP contribution in [0.25, 0.3) is 6.08 Å². The van der Waals surface area contributed by atoms with Gasteiger partial charge in [-0.15, -0.1) is 0 Å². The Hall–Kier alpha value is -2.60. The molecule has 0 spiro atoms. The van der Waals surface area contributed by atoms with Crippen LogP contribution in [-0.2, 0) is 25.8 Å². The van der Waals surface area contributed by atoms with E-state index in [1.165, 1.54) is 18.7 Å². The molecule has 0 aliphatic carbocycles. The Kier molecular flexibility index (Phi) is 5.65. The third-order valence-electron chi connectivity index (χ3n) is 4.43. The molecule has 0 atom stereocenters. The van der Waals surface area contributed by atoms with Gasteiger partial charge in [0, 0.05) is 5.57 Å². The number of carbonyl (C=O) groups is 1. The van der Waals surface area contributed by atoms with E-state index in [0.29, 0.717) is 22.6 Å². The second-order valence-corrected chi connectivity index (χ2v) is 8.50. The predicted octanol–water partition coefficient (Wildman–Crippen LogP) is 4.17. The van der Waals surface area contributed by atoms with Crippen molar-refractivity contribution in [2.45, 2.75) is 31.1 Å². The molecule has 1 aliphatic rings. The van der Waals surface area contributed by atoms with E-state index >= 15 is 0 Å².